The summed E-state index contributed by atoms with van der Waals surface area (Å²) >= 11 is 0. The highest BCUT2D eigenvalue weighted by Crippen LogP contribution is 2.36. The molecule has 0 radical (unpaired) electrons. The average molecular weight is 409 g/mol. The molecule has 0 spiro atoms. The van der Waals surface area contributed by atoms with Gasteiger partial charge < -0.3 is 9.16 Å². The zero-order valence-electron chi connectivity index (χ0n) is 18.0. The number of esters is 1. The van der Waals surface area contributed by atoms with Crippen molar-refractivity contribution in [1.82, 2.24) is 0 Å². The van der Waals surface area contributed by atoms with Crippen LogP contribution in [0.5, 0.6) is 0 Å². The maximum atomic E-state index is 11.3. The second-order valence-corrected chi connectivity index (χ2v) is 12.6. The second-order valence-electron chi connectivity index (χ2n) is 8.29. The molecule has 0 aliphatic carbocycles. The minimum atomic E-state index is -2.52. The Bertz CT molecular complexity index is 764. The first-order chi connectivity index (χ1) is 13.8. The van der Waals surface area contributed by atoms with Gasteiger partial charge >= 0.3 is 5.97 Å². The van der Waals surface area contributed by atoms with E-state index in [1.54, 1.807) is 0 Å². The van der Waals surface area contributed by atoms with Crippen molar-refractivity contribution in [2.24, 2.45) is 0 Å². The van der Waals surface area contributed by atoms with E-state index in [4.69, 9.17) is 15.6 Å². The van der Waals surface area contributed by atoms with Crippen LogP contribution in [0.1, 0.15) is 47.0 Å². The van der Waals surface area contributed by atoms with Crippen molar-refractivity contribution >= 4 is 24.7 Å². The Morgan fingerprint density at radius 1 is 1.03 bits per heavy atom. The van der Waals surface area contributed by atoms with Gasteiger partial charge in [0.15, 0.2) is 0 Å². The standard InChI is InChI=1S/C25H32O3Si/c1-6-14-22(28-21(2)26)15-13-20-27-29(25(3,4)5,23-16-9-7-10-17-23)24-18-11-8-12-19-24/h1,7-12,16-19,22H,13-15,20H2,2-5H3/t22-/m1/s1. The number of benzene rings is 2. The average Bonchev–Trinajstić information content (AvgIpc) is 2.68. The van der Waals surface area contributed by atoms with Gasteiger partial charge in [-0.15, -0.1) is 12.3 Å². The van der Waals surface area contributed by atoms with Gasteiger partial charge in [-0.05, 0) is 28.3 Å². The van der Waals surface area contributed by atoms with Gasteiger partial charge in [-0.1, -0.05) is 81.4 Å². The van der Waals surface area contributed by atoms with Crippen molar-refractivity contribution in [2.45, 2.75) is 58.1 Å². The monoisotopic (exact) mass is 408 g/mol. The maximum Gasteiger partial charge on any atom is 0.302 e. The lowest BCUT2D eigenvalue weighted by atomic mass is 10.1. The molecule has 0 N–H and O–H groups in total. The highest BCUT2D eigenvalue weighted by molar-refractivity contribution is 6.99. The first kappa shape index (κ1) is 22.9. The number of hydrogen-bond donors (Lipinski definition) is 0. The van der Waals surface area contributed by atoms with Gasteiger partial charge in [0.05, 0.1) is 0 Å². The quantitative estimate of drug-likeness (QED) is 0.269. The van der Waals surface area contributed by atoms with Gasteiger partial charge in [0.1, 0.15) is 6.10 Å². The van der Waals surface area contributed by atoms with E-state index in [9.17, 15) is 4.79 Å². The Morgan fingerprint density at radius 2 is 1.55 bits per heavy atom. The summed E-state index contributed by atoms with van der Waals surface area (Å²) in [6.45, 7) is 8.80. The lowest BCUT2D eigenvalue weighted by molar-refractivity contribution is -0.146. The number of terminal acetylenes is 1. The van der Waals surface area contributed by atoms with Crippen LogP contribution < -0.4 is 10.4 Å². The molecule has 0 saturated carbocycles. The van der Waals surface area contributed by atoms with Gasteiger partial charge in [0, 0.05) is 20.0 Å². The molecule has 0 aliphatic heterocycles. The smallest absolute Gasteiger partial charge is 0.302 e. The summed E-state index contributed by atoms with van der Waals surface area (Å²) in [5.41, 5.74) is 0. The van der Waals surface area contributed by atoms with Crippen molar-refractivity contribution in [3.8, 4) is 12.3 Å². The molecular formula is C25H32O3Si. The Balaban J connectivity index is 2.27. The summed E-state index contributed by atoms with van der Waals surface area (Å²) in [7, 11) is -2.52. The van der Waals surface area contributed by atoms with Gasteiger partial charge in [0.25, 0.3) is 8.32 Å². The molecule has 29 heavy (non-hydrogen) atoms. The molecule has 1 atom stereocenters. The fraction of sp³-hybridized carbons (Fsp3) is 0.400. The minimum Gasteiger partial charge on any atom is -0.462 e. The van der Waals surface area contributed by atoms with Crippen LogP contribution >= 0.6 is 0 Å². The van der Waals surface area contributed by atoms with Crippen LogP contribution in [0.2, 0.25) is 5.04 Å². The summed E-state index contributed by atoms with van der Waals surface area (Å²) in [4.78, 5) is 11.3. The van der Waals surface area contributed by atoms with Crippen LogP contribution in [-0.2, 0) is 14.0 Å². The Hall–Kier alpha value is -2.35. The highest BCUT2D eigenvalue weighted by Gasteiger charge is 2.49. The molecule has 0 aromatic heterocycles. The van der Waals surface area contributed by atoms with Gasteiger partial charge in [-0.3, -0.25) is 4.79 Å². The molecule has 0 bridgehead atoms. The third kappa shape index (κ3) is 5.82. The second kappa shape index (κ2) is 10.4. The van der Waals surface area contributed by atoms with Crippen LogP contribution in [0, 0.1) is 12.3 Å². The molecule has 0 fully saturated rings. The molecule has 0 aliphatic rings. The summed E-state index contributed by atoms with van der Waals surface area (Å²) < 4.78 is 12.2. The van der Waals surface area contributed by atoms with E-state index in [0.717, 1.165) is 6.42 Å². The Kier molecular flexibility index (Phi) is 8.25. The third-order valence-corrected chi connectivity index (χ3v) is 10.1. The Morgan fingerprint density at radius 3 is 1.97 bits per heavy atom. The van der Waals surface area contributed by atoms with Gasteiger partial charge in [-0.25, -0.2) is 0 Å². The van der Waals surface area contributed by atoms with Crippen molar-refractivity contribution in [3.63, 3.8) is 0 Å². The van der Waals surface area contributed by atoms with E-state index in [1.165, 1.54) is 17.3 Å². The summed E-state index contributed by atoms with van der Waals surface area (Å²) in [5.74, 6) is 2.30. The molecule has 0 amide bonds. The molecule has 0 saturated heterocycles. The fourth-order valence-electron chi connectivity index (χ4n) is 3.87. The molecule has 0 heterocycles. The van der Waals surface area contributed by atoms with E-state index in [2.05, 4.69) is 75.2 Å². The van der Waals surface area contributed by atoms with Crippen LogP contribution in [0.4, 0.5) is 0 Å². The lowest BCUT2D eigenvalue weighted by Crippen LogP contribution is -2.66. The predicted octanol–water partition coefficient (Wildman–Crippen LogP) is 4.30. The molecular weight excluding hydrogens is 376 g/mol. The fourth-order valence-corrected chi connectivity index (χ4v) is 8.47. The van der Waals surface area contributed by atoms with Crippen LogP contribution in [0.3, 0.4) is 0 Å². The van der Waals surface area contributed by atoms with E-state index in [-0.39, 0.29) is 17.1 Å². The van der Waals surface area contributed by atoms with E-state index in [0.29, 0.717) is 19.4 Å². The summed E-state index contributed by atoms with van der Waals surface area (Å²) in [6.07, 6.45) is 7.08. The van der Waals surface area contributed by atoms with Crippen LogP contribution in [0.15, 0.2) is 60.7 Å². The van der Waals surface area contributed by atoms with Crippen molar-refractivity contribution in [1.29, 1.82) is 0 Å². The molecule has 3 nitrogen and oxygen atoms in total. The van der Waals surface area contributed by atoms with Crippen molar-refractivity contribution < 1.29 is 14.0 Å². The SMILES string of the molecule is C#CC[C@H](CCCO[Si](c1ccccc1)(c1ccccc1)C(C)(C)C)OC(C)=O. The topological polar surface area (TPSA) is 35.5 Å². The molecule has 2 aromatic rings. The number of hydrogen-bond acceptors (Lipinski definition) is 3. The number of ether oxygens (including phenoxy) is 1. The first-order valence-electron chi connectivity index (χ1n) is 10.2. The van der Waals surface area contributed by atoms with E-state index < -0.39 is 8.32 Å². The predicted molar refractivity (Wildman–Crippen MR) is 122 cm³/mol. The van der Waals surface area contributed by atoms with E-state index >= 15 is 0 Å². The minimum absolute atomic E-state index is 0.0518. The van der Waals surface area contributed by atoms with Crippen molar-refractivity contribution in [2.75, 3.05) is 6.61 Å². The van der Waals surface area contributed by atoms with Crippen molar-refractivity contribution in [3.05, 3.63) is 60.7 Å². The summed E-state index contributed by atoms with van der Waals surface area (Å²) in [5, 5.41) is 2.47. The zero-order chi connectivity index (χ0) is 21.3. The molecule has 154 valence electrons. The molecule has 4 heteroatoms. The van der Waals surface area contributed by atoms with Gasteiger partial charge in [0.2, 0.25) is 0 Å². The molecule has 2 rings (SSSR count). The van der Waals surface area contributed by atoms with Crippen LogP contribution in [-0.4, -0.2) is 27.0 Å². The Labute approximate surface area is 176 Å². The summed E-state index contributed by atoms with van der Waals surface area (Å²) in [6, 6.07) is 21.2. The van der Waals surface area contributed by atoms with Crippen LogP contribution in [0.25, 0.3) is 0 Å². The number of carbonyl (C=O) groups excluding carboxylic acids is 1. The lowest BCUT2D eigenvalue weighted by Gasteiger charge is -2.43. The van der Waals surface area contributed by atoms with E-state index in [1.807, 2.05) is 12.1 Å². The number of rotatable bonds is 9. The molecule has 0 unspecified atom stereocenters. The first-order valence-corrected chi connectivity index (χ1v) is 12.1. The number of carbonyl (C=O) groups is 1. The maximum absolute atomic E-state index is 11.3. The van der Waals surface area contributed by atoms with Gasteiger partial charge in [-0.2, -0.15) is 0 Å². The highest BCUT2D eigenvalue weighted by atomic mass is 28.4. The third-order valence-electron chi connectivity index (χ3n) is 5.08. The molecule has 2 aromatic carbocycles. The zero-order valence-corrected chi connectivity index (χ0v) is 19.0. The normalized spacial score (nSPS) is 12.8. The largest absolute Gasteiger partial charge is 0.462 e.